The molecule has 1 N–H and O–H groups in total. The van der Waals surface area contributed by atoms with Gasteiger partial charge >= 0.3 is 0 Å². The Morgan fingerprint density at radius 2 is 2.41 bits per heavy atom. The molecule has 1 saturated heterocycles. The van der Waals surface area contributed by atoms with E-state index in [1.54, 1.807) is 6.33 Å². The first-order chi connectivity index (χ1) is 8.27. The van der Waals surface area contributed by atoms with E-state index in [1.165, 1.54) is 12.8 Å². The number of hydrogen-bond donors (Lipinski definition) is 1. The molecule has 0 saturated carbocycles. The van der Waals surface area contributed by atoms with Crippen molar-refractivity contribution >= 4 is 5.82 Å². The zero-order valence-electron chi connectivity index (χ0n) is 10.8. The summed E-state index contributed by atoms with van der Waals surface area (Å²) in [6, 6.07) is 2.59. The Hall–Kier alpha value is -1.16. The van der Waals surface area contributed by atoms with Crippen LogP contribution in [-0.4, -0.2) is 35.6 Å². The minimum atomic E-state index is 0.587. The second kappa shape index (κ2) is 5.96. The normalized spacial score (nSPS) is 20.2. The van der Waals surface area contributed by atoms with E-state index in [0.29, 0.717) is 12.0 Å². The Bertz CT molecular complexity index is 325. The van der Waals surface area contributed by atoms with Crippen molar-refractivity contribution in [3.8, 4) is 0 Å². The molecule has 1 atom stereocenters. The lowest BCUT2D eigenvalue weighted by atomic mass is 10.2. The standard InChI is InChI=1S/C13H22N4/c1-11(2)8-15-9-12-4-3-7-17(12)13-5-6-14-10-16-13/h5-6,10-12,15H,3-4,7-9H2,1-2H3. The molecule has 1 aliphatic heterocycles. The molecule has 0 spiro atoms. The maximum absolute atomic E-state index is 4.34. The van der Waals surface area contributed by atoms with Crippen LogP contribution in [0.4, 0.5) is 5.82 Å². The quantitative estimate of drug-likeness (QED) is 0.842. The fraction of sp³-hybridized carbons (Fsp3) is 0.692. The van der Waals surface area contributed by atoms with Gasteiger partial charge in [0.25, 0.3) is 0 Å². The smallest absolute Gasteiger partial charge is 0.132 e. The van der Waals surface area contributed by atoms with Gasteiger partial charge in [-0.2, -0.15) is 0 Å². The summed E-state index contributed by atoms with van der Waals surface area (Å²) in [4.78, 5) is 10.7. The summed E-state index contributed by atoms with van der Waals surface area (Å²) >= 11 is 0. The average Bonchev–Trinajstić information content (AvgIpc) is 2.78. The summed E-state index contributed by atoms with van der Waals surface area (Å²) in [6.07, 6.45) is 5.97. The molecule has 1 aromatic rings. The number of nitrogens with one attached hydrogen (secondary N) is 1. The molecule has 0 radical (unpaired) electrons. The van der Waals surface area contributed by atoms with Crippen molar-refractivity contribution in [2.24, 2.45) is 5.92 Å². The zero-order chi connectivity index (χ0) is 12.1. The molecular formula is C13H22N4. The summed E-state index contributed by atoms with van der Waals surface area (Å²) in [7, 11) is 0. The van der Waals surface area contributed by atoms with Gasteiger partial charge in [0.15, 0.2) is 0 Å². The van der Waals surface area contributed by atoms with Crippen molar-refractivity contribution in [1.29, 1.82) is 0 Å². The van der Waals surface area contributed by atoms with Gasteiger partial charge in [-0.15, -0.1) is 0 Å². The summed E-state index contributed by atoms with van der Waals surface area (Å²) < 4.78 is 0. The number of aromatic nitrogens is 2. The maximum Gasteiger partial charge on any atom is 0.132 e. The van der Waals surface area contributed by atoms with E-state index in [-0.39, 0.29) is 0 Å². The van der Waals surface area contributed by atoms with E-state index < -0.39 is 0 Å². The van der Waals surface area contributed by atoms with E-state index in [1.807, 2.05) is 12.3 Å². The van der Waals surface area contributed by atoms with E-state index in [4.69, 9.17) is 0 Å². The largest absolute Gasteiger partial charge is 0.352 e. The van der Waals surface area contributed by atoms with Crippen molar-refractivity contribution in [2.45, 2.75) is 32.7 Å². The molecule has 0 aliphatic carbocycles. The van der Waals surface area contributed by atoms with Crippen LogP contribution >= 0.6 is 0 Å². The van der Waals surface area contributed by atoms with Crippen LogP contribution in [0, 0.1) is 5.92 Å². The monoisotopic (exact) mass is 234 g/mol. The lowest BCUT2D eigenvalue weighted by Gasteiger charge is -2.26. The van der Waals surface area contributed by atoms with Gasteiger partial charge in [-0.1, -0.05) is 13.8 Å². The Labute approximate surface area is 103 Å². The fourth-order valence-electron chi connectivity index (χ4n) is 2.34. The molecule has 4 nitrogen and oxygen atoms in total. The van der Waals surface area contributed by atoms with Crippen molar-refractivity contribution in [2.75, 3.05) is 24.5 Å². The average molecular weight is 234 g/mol. The Morgan fingerprint density at radius 1 is 1.53 bits per heavy atom. The van der Waals surface area contributed by atoms with Crippen LogP contribution in [0.2, 0.25) is 0 Å². The van der Waals surface area contributed by atoms with Crippen molar-refractivity contribution in [1.82, 2.24) is 15.3 Å². The van der Waals surface area contributed by atoms with E-state index >= 15 is 0 Å². The summed E-state index contributed by atoms with van der Waals surface area (Å²) in [5.74, 6) is 1.78. The predicted molar refractivity (Wildman–Crippen MR) is 70.1 cm³/mol. The van der Waals surface area contributed by atoms with Crippen LogP contribution in [0.15, 0.2) is 18.6 Å². The number of hydrogen-bond acceptors (Lipinski definition) is 4. The third-order valence-electron chi connectivity index (χ3n) is 3.17. The lowest BCUT2D eigenvalue weighted by molar-refractivity contribution is 0.511. The van der Waals surface area contributed by atoms with Gasteiger partial charge in [-0.25, -0.2) is 9.97 Å². The first-order valence-electron chi connectivity index (χ1n) is 6.50. The molecule has 0 aromatic carbocycles. The molecule has 1 fully saturated rings. The van der Waals surface area contributed by atoms with Gasteiger partial charge in [0.1, 0.15) is 12.1 Å². The van der Waals surface area contributed by atoms with Crippen LogP contribution < -0.4 is 10.2 Å². The van der Waals surface area contributed by atoms with Crippen LogP contribution in [0.25, 0.3) is 0 Å². The van der Waals surface area contributed by atoms with Gasteiger partial charge < -0.3 is 10.2 Å². The highest BCUT2D eigenvalue weighted by Gasteiger charge is 2.24. The SMILES string of the molecule is CC(C)CNCC1CCCN1c1ccncn1. The molecule has 0 bridgehead atoms. The molecule has 0 amide bonds. The van der Waals surface area contributed by atoms with Crippen LogP contribution in [-0.2, 0) is 0 Å². The van der Waals surface area contributed by atoms with Gasteiger partial charge in [-0.05, 0) is 31.4 Å². The molecule has 1 aliphatic rings. The van der Waals surface area contributed by atoms with Gasteiger partial charge in [-0.3, -0.25) is 0 Å². The minimum Gasteiger partial charge on any atom is -0.352 e. The molecule has 17 heavy (non-hydrogen) atoms. The second-order valence-electron chi connectivity index (χ2n) is 5.11. The van der Waals surface area contributed by atoms with Crippen LogP contribution in [0.5, 0.6) is 0 Å². The van der Waals surface area contributed by atoms with Crippen molar-refractivity contribution < 1.29 is 0 Å². The highest BCUT2D eigenvalue weighted by Crippen LogP contribution is 2.22. The summed E-state index contributed by atoms with van der Waals surface area (Å²) in [6.45, 7) is 7.75. The van der Waals surface area contributed by atoms with Crippen molar-refractivity contribution in [3.05, 3.63) is 18.6 Å². The Kier molecular flexibility index (Phi) is 4.31. The molecule has 2 heterocycles. The molecule has 2 rings (SSSR count). The van der Waals surface area contributed by atoms with E-state index in [2.05, 4.69) is 34.0 Å². The first kappa shape index (κ1) is 12.3. The third-order valence-corrected chi connectivity index (χ3v) is 3.17. The molecule has 1 unspecified atom stereocenters. The van der Waals surface area contributed by atoms with Gasteiger partial charge in [0, 0.05) is 25.3 Å². The molecule has 94 valence electrons. The Balaban J connectivity index is 1.89. The zero-order valence-corrected chi connectivity index (χ0v) is 10.8. The van der Waals surface area contributed by atoms with Gasteiger partial charge in [0.2, 0.25) is 0 Å². The fourth-order valence-corrected chi connectivity index (χ4v) is 2.34. The number of anilines is 1. The first-order valence-corrected chi connectivity index (χ1v) is 6.50. The van der Waals surface area contributed by atoms with E-state index in [0.717, 1.165) is 25.5 Å². The Morgan fingerprint density at radius 3 is 3.12 bits per heavy atom. The van der Waals surface area contributed by atoms with Crippen LogP contribution in [0.3, 0.4) is 0 Å². The lowest BCUT2D eigenvalue weighted by Crippen LogP contribution is -2.39. The van der Waals surface area contributed by atoms with Gasteiger partial charge in [0.05, 0.1) is 0 Å². The van der Waals surface area contributed by atoms with E-state index in [9.17, 15) is 0 Å². The summed E-state index contributed by atoms with van der Waals surface area (Å²) in [5.41, 5.74) is 0. The molecule has 1 aromatic heterocycles. The van der Waals surface area contributed by atoms with Crippen molar-refractivity contribution in [3.63, 3.8) is 0 Å². The number of nitrogens with zero attached hydrogens (tertiary/aromatic N) is 3. The summed E-state index contributed by atoms with van der Waals surface area (Å²) in [5, 5.41) is 3.54. The second-order valence-corrected chi connectivity index (χ2v) is 5.11. The highest BCUT2D eigenvalue weighted by atomic mass is 15.2. The molecule has 4 heteroatoms. The van der Waals surface area contributed by atoms with Crippen LogP contribution in [0.1, 0.15) is 26.7 Å². The molecular weight excluding hydrogens is 212 g/mol. The maximum atomic E-state index is 4.34. The topological polar surface area (TPSA) is 41.0 Å². The number of rotatable bonds is 5. The minimum absolute atomic E-state index is 0.587. The predicted octanol–water partition coefficient (Wildman–Crippen LogP) is 1.69. The highest BCUT2D eigenvalue weighted by molar-refractivity contribution is 5.39. The third kappa shape index (κ3) is 3.40.